The lowest BCUT2D eigenvalue weighted by molar-refractivity contribution is 0.0953. The highest BCUT2D eigenvalue weighted by molar-refractivity contribution is 8.13. The lowest BCUT2D eigenvalue weighted by Crippen LogP contribution is -2.26. The second-order valence-corrected chi connectivity index (χ2v) is 8.11. The van der Waals surface area contributed by atoms with Gasteiger partial charge in [-0.2, -0.15) is 0 Å². The molecular formula is C18H20ClNO5S. The van der Waals surface area contributed by atoms with Crippen molar-refractivity contribution in [3.8, 4) is 11.5 Å². The number of rotatable bonds is 7. The van der Waals surface area contributed by atoms with E-state index in [4.69, 9.17) is 20.2 Å². The zero-order valence-corrected chi connectivity index (χ0v) is 16.3. The maximum absolute atomic E-state index is 12.3. The first kappa shape index (κ1) is 20.1. The van der Waals surface area contributed by atoms with Crippen molar-refractivity contribution < 1.29 is 22.7 Å². The van der Waals surface area contributed by atoms with Gasteiger partial charge in [-0.25, -0.2) is 8.42 Å². The molecule has 2 rings (SSSR count). The number of nitrogens with one attached hydrogen (secondary N) is 1. The summed E-state index contributed by atoms with van der Waals surface area (Å²) in [5.74, 6) is 0.426. The maximum Gasteiger partial charge on any atom is 0.261 e. The van der Waals surface area contributed by atoms with Gasteiger partial charge in [0, 0.05) is 28.9 Å². The minimum Gasteiger partial charge on any atom is -0.493 e. The summed E-state index contributed by atoms with van der Waals surface area (Å²) in [6.07, 6.45) is 0.263. The largest absolute Gasteiger partial charge is 0.493 e. The molecule has 140 valence electrons. The number of aryl methyl sites for hydroxylation is 1. The average Bonchev–Trinajstić information content (AvgIpc) is 2.60. The van der Waals surface area contributed by atoms with Crippen LogP contribution in [0, 0.1) is 6.92 Å². The summed E-state index contributed by atoms with van der Waals surface area (Å²) < 4.78 is 34.1. The molecule has 0 atom stereocenters. The molecule has 0 saturated heterocycles. The Morgan fingerprint density at radius 3 is 2.31 bits per heavy atom. The van der Waals surface area contributed by atoms with Crippen LogP contribution in [0.5, 0.6) is 11.5 Å². The molecule has 2 aromatic rings. The summed E-state index contributed by atoms with van der Waals surface area (Å²) in [6, 6.07) is 10.1. The summed E-state index contributed by atoms with van der Waals surface area (Å²) in [6.45, 7) is 2.09. The van der Waals surface area contributed by atoms with E-state index in [1.54, 1.807) is 18.2 Å². The first-order chi connectivity index (χ1) is 12.3. The SMILES string of the molecule is COc1cc(CCNC(=O)c2ccccc2C)c(S(=O)(=O)Cl)cc1OC. The Labute approximate surface area is 157 Å². The molecule has 1 amide bonds. The number of hydrogen-bond donors (Lipinski definition) is 1. The zero-order valence-electron chi connectivity index (χ0n) is 14.7. The van der Waals surface area contributed by atoms with Crippen molar-refractivity contribution in [2.24, 2.45) is 0 Å². The van der Waals surface area contributed by atoms with Gasteiger partial charge in [0.25, 0.3) is 15.0 Å². The number of carbonyl (C=O) groups excluding carboxylic acids is 1. The van der Waals surface area contributed by atoms with Crippen molar-refractivity contribution in [3.63, 3.8) is 0 Å². The van der Waals surface area contributed by atoms with E-state index in [0.29, 0.717) is 16.9 Å². The van der Waals surface area contributed by atoms with Gasteiger partial charge in [0.15, 0.2) is 11.5 Å². The van der Waals surface area contributed by atoms with Gasteiger partial charge in [0.1, 0.15) is 0 Å². The normalized spacial score (nSPS) is 11.1. The quantitative estimate of drug-likeness (QED) is 0.726. The summed E-state index contributed by atoms with van der Waals surface area (Å²) in [5.41, 5.74) is 1.87. The molecule has 8 heteroatoms. The van der Waals surface area contributed by atoms with Crippen LogP contribution in [0.2, 0.25) is 0 Å². The van der Waals surface area contributed by atoms with Crippen molar-refractivity contribution in [2.75, 3.05) is 20.8 Å². The molecule has 0 radical (unpaired) electrons. The third kappa shape index (κ3) is 4.68. The smallest absolute Gasteiger partial charge is 0.261 e. The Bertz CT molecular complexity index is 912. The van der Waals surface area contributed by atoms with Crippen LogP contribution in [0.1, 0.15) is 21.5 Å². The average molecular weight is 398 g/mol. The number of carbonyl (C=O) groups is 1. The van der Waals surface area contributed by atoms with Crippen LogP contribution in [0.3, 0.4) is 0 Å². The highest BCUT2D eigenvalue weighted by Crippen LogP contribution is 2.34. The highest BCUT2D eigenvalue weighted by Gasteiger charge is 2.20. The van der Waals surface area contributed by atoms with Crippen molar-refractivity contribution in [1.82, 2.24) is 5.32 Å². The summed E-state index contributed by atoms with van der Waals surface area (Å²) in [4.78, 5) is 12.2. The Hall–Kier alpha value is -2.25. The zero-order chi connectivity index (χ0) is 19.3. The molecule has 26 heavy (non-hydrogen) atoms. The van der Waals surface area contributed by atoms with Crippen LogP contribution >= 0.6 is 10.7 Å². The predicted molar refractivity (Wildman–Crippen MR) is 99.8 cm³/mol. The van der Waals surface area contributed by atoms with Gasteiger partial charge in [-0.3, -0.25) is 4.79 Å². The molecular weight excluding hydrogens is 378 g/mol. The highest BCUT2D eigenvalue weighted by atomic mass is 35.7. The van der Waals surface area contributed by atoms with Crippen LogP contribution in [0.25, 0.3) is 0 Å². The van der Waals surface area contributed by atoms with Crippen molar-refractivity contribution in [3.05, 3.63) is 53.1 Å². The van der Waals surface area contributed by atoms with Gasteiger partial charge in [-0.15, -0.1) is 0 Å². The third-order valence-electron chi connectivity index (χ3n) is 3.90. The Kier molecular flexibility index (Phi) is 6.50. The van der Waals surface area contributed by atoms with Crippen LogP contribution in [0.15, 0.2) is 41.3 Å². The maximum atomic E-state index is 12.3. The van der Waals surface area contributed by atoms with Crippen molar-refractivity contribution in [1.29, 1.82) is 0 Å². The van der Waals surface area contributed by atoms with Gasteiger partial charge in [0.2, 0.25) is 0 Å². The molecule has 1 N–H and O–H groups in total. The van der Waals surface area contributed by atoms with Crippen LogP contribution in [-0.2, 0) is 15.5 Å². The number of hydrogen-bond acceptors (Lipinski definition) is 5. The molecule has 0 saturated carbocycles. The molecule has 0 bridgehead atoms. The predicted octanol–water partition coefficient (Wildman–Crippen LogP) is 2.91. The standard InChI is InChI=1S/C18H20ClNO5S/c1-12-6-4-5-7-14(12)18(21)20-9-8-13-10-15(24-2)16(25-3)11-17(13)26(19,22)23/h4-7,10-11H,8-9H2,1-3H3,(H,20,21). The molecule has 0 fully saturated rings. The Morgan fingerprint density at radius 2 is 1.73 bits per heavy atom. The lowest BCUT2D eigenvalue weighted by atomic mass is 10.1. The molecule has 6 nitrogen and oxygen atoms in total. The summed E-state index contributed by atoms with van der Waals surface area (Å²) in [5, 5.41) is 2.78. The van der Waals surface area contributed by atoms with Crippen molar-refractivity contribution >= 4 is 25.6 Å². The van der Waals surface area contributed by atoms with E-state index in [0.717, 1.165) is 5.56 Å². The number of benzene rings is 2. The van der Waals surface area contributed by atoms with Crippen LogP contribution in [-0.4, -0.2) is 35.1 Å². The molecule has 0 unspecified atom stereocenters. The van der Waals surface area contributed by atoms with Crippen molar-refractivity contribution in [2.45, 2.75) is 18.2 Å². The van der Waals surface area contributed by atoms with Crippen LogP contribution < -0.4 is 14.8 Å². The fourth-order valence-corrected chi connectivity index (χ4v) is 3.71. The van der Waals surface area contributed by atoms with E-state index in [2.05, 4.69) is 5.32 Å². The molecule has 0 heterocycles. The first-order valence-electron chi connectivity index (χ1n) is 7.81. The molecule has 0 aliphatic rings. The second-order valence-electron chi connectivity index (χ2n) is 5.57. The topological polar surface area (TPSA) is 81.7 Å². The van der Waals surface area contributed by atoms with Gasteiger partial charge >= 0.3 is 0 Å². The van der Waals surface area contributed by atoms with E-state index < -0.39 is 9.05 Å². The van der Waals surface area contributed by atoms with E-state index in [1.165, 1.54) is 20.3 Å². The minimum atomic E-state index is -3.98. The number of halogens is 1. The third-order valence-corrected chi connectivity index (χ3v) is 5.30. The van der Waals surface area contributed by atoms with Crippen LogP contribution in [0.4, 0.5) is 0 Å². The molecule has 0 aliphatic heterocycles. The van der Waals surface area contributed by atoms with E-state index >= 15 is 0 Å². The van der Waals surface area contributed by atoms with E-state index in [1.807, 2.05) is 19.1 Å². The Balaban J connectivity index is 2.21. The molecule has 0 aromatic heterocycles. The van der Waals surface area contributed by atoms with Gasteiger partial charge in [-0.05, 0) is 36.6 Å². The lowest BCUT2D eigenvalue weighted by Gasteiger charge is -2.14. The van der Waals surface area contributed by atoms with Gasteiger partial charge < -0.3 is 14.8 Å². The fourth-order valence-electron chi connectivity index (χ4n) is 2.56. The monoisotopic (exact) mass is 397 g/mol. The number of ether oxygens (including phenoxy) is 2. The van der Waals surface area contributed by atoms with E-state index in [9.17, 15) is 13.2 Å². The second kappa shape index (κ2) is 8.42. The number of methoxy groups -OCH3 is 2. The van der Waals surface area contributed by atoms with Gasteiger partial charge in [-0.1, -0.05) is 18.2 Å². The molecule has 0 spiro atoms. The molecule has 0 aliphatic carbocycles. The van der Waals surface area contributed by atoms with Gasteiger partial charge in [0.05, 0.1) is 19.1 Å². The number of amides is 1. The fraction of sp³-hybridized carbons (Fsp3) is 0.278. The first-order valence-corrected chi connectivity index (χ1v) is 10.1. The minimum absolute atomic E-state index is 0.0676. The summed E-state index contributed by atoms with van der Waals surface area (Å²) >= 11 is 0. The van der Waals surface area contributed by atoms with E-state index in [-0.39, 0.29) is 29.5 Å². The Morgan fingerprint density at radius 1 is 1.12 bits per heavy atom. The summed E-state index contributed by atoms with van der Waals surface area (Å²) in [7, 11) is 4.42. The molecule has 2 aromatic carbocycles.